The molecule has 0 atom stereocenters. The molecule has 0 aliphatic carbocycles. The van der Waals surface area contributed by atoms with Gasteiger partial charge in [-0.15, -0.1) is 0 Å². The zero-order valence-electron chi connectivity index (χ0n) is 10.0. The summed E-state index contributed by atoms with van der Waals surface area (Å²) in [6.07, 6.45) is 4.08. The molecule has 0 unspecified atom stereocenters. The number of hydrogen-bond donors (Lipinski definition) is 1. The largest absolute Gasteiger partial charge is 0.366 e. The summed E-state index contributed by atoms with van der Waals surface area (Å²) < 4.78 is 2.19. The first kappa shape index (κ1) is 12.7. The van der Waals surface area contributed by atoms with Gasteiger partial charge in [0.15, 0.2) is 0 Å². The fraction of sp³-hybridized carbons (Fsp3) is 0. The van der Waals surface area contributed by atoms with Crippen LogP contribution in [0.25, 0.3) is 22.3 Å². The molecule has 1 aromatic heterocycles. The second kappa shape index (κ2) is 5.35. The van der Waals surface area contributed by atoms with Crippen molar-refractivity contribution < 1.29 is 0 Å². The number of aromatic amines is 1. The van der Waals surface area contributed by atoms with E-state index in [0.29, 0.717) is 0 Å². The van der Waals surface area contributed by atoms with Gasteiger partial charge in [0.05, 0.1) is 0 Å². The van der Waals surface area contributed by atoms with Gasteiger partial charge in [0.1, 0.15) is 0 Å². The monoisotopic (exact) mass is 375 g/mol. The maximum Gasteiger partial charge on any atom is 0.0175 e. The highest BCUT2D eigenvalue weighted by molar-refractivity contribution is 9.10. The number of H-pyrrole nitrogens is 1. The van der Waals surface area contributed by atoms with Crippen molar-refractivity contribution in [3.63, 3.8) is 0 Å². The van der Waals surface area contributed by atoms with E-state index in [2.05, 4.69) is 85.4 Å². The fourth-order valence-corrected chi connectivity index (χ4v) is 2.63. The molecule has 3 aromatic rings. The summed E-state index contributed by atoms with van der Waals surface area (Å²) in [4.78, 5) is 3.20. The van der Waals surface area contributed by atoms with Gasteiger partial charge in [-0.25, -0.2) is 0 Å². The van der Waals surface area contributed by atoms with E-state index in [9.17, 15) is 0 Å². The van der Waals surface area contributed by atoms with E-state index in [-0.39, 0.29) is 0 Å². The normalized spacial score (nSPS) is 10.6. The van der Waals surface area contributed by atoms with E-state index in [1.807, 2.05) is 12.4 Å². The predicted octanol–water partition coefficient (Wildman–Crippen LogP) is 5.87. The summed E-state index contributed by atoms with van der Waals surface area (Å²) in [6, 6.07) is 16.7. The average Bonchev–Trinajstić information content (AvgIpc) is 2.90. The quantitative estimate of drug-likeness (QED) is 0.575. The van der Waals surface area contributed by atoms with Crippen molar-refractivity contribution in [1.29, 1.82) is 0 Å². The highest BCUT2D eigenvalue weighted by atomic mass is 79.9. The van der Waals surface area contributed by atoms with Crippen LogP contribution in [0, 0.1) is 0 Å². The van der Waals surface area contributed by atoms with Crippen molar-refractivity contribution in [1.82, 2.24) is 4.98 Å². The van der Waals surface area contributed by atoms with Crippen LogP contribution in [0.4, 0.5) is 0 Å². The zero-order chi connectivity index (χ0) is 13.2. The molecule has 1 N–H and O–H groups in total. The molecule has 0 saturated carbocycles. The molecule has 0 spiro atoms. The Morgan fingerprint density at radius 3 is 1.32 bits per heavy atom. The Balaban J connectivity index is 2.07. The van der Waals surface area contributed by atoms with Gasteiger partial charge in [-0.1, -0.05) is 56.1 Å². The molecule has 1 heterocycles. The van der Waals surface area contributed by atoms with Gasteiger partial charge in [-0.3, -0.25) is 0 Å². The number of halogens is 2. The summed E-state index contributed by atoms with van der Waals surface area (Å²) in [5.74, 6) is 0. The Morgan fingerprint density at radius 2 is 0.947 bits per heavy atom. The van der Waals surface area contributed by atoms with E-state index < -0.39 is 0 Å². The minimum absolute atomic E-state index is 1.09. The van der Waals surface area contributed by atoms with Crippen LogP contribution >= 0.6 is 31.9 Å². The van der Waals surface area contributed by atoms with Crippen LogP contribution in [0.1, 0.15) is 0 Å². The Kier molecular flexibility index (Phi) is 3.58. The molecule has 0 radical (unpaired) electrons. The van der Waals surface area contributed by atoms with Crippen molar-refractivity contribution in [2.24, 2.45) is 0 Å². The maximum atomic E-state index is 3.47. The molecule has 0 amide bonds. The van der Waals surface area contributed by atoms with Crippen molar-refractivity contribution in [2.45, 2.75) is 0 Å². The average molecular weight is 377 g/mol. The van der Waals surface area contributed by atoms with Gasteiger partial charge in [-0.05, 0) is 35.4 Å². The molecule has 0 bridgehead atoms. The molecule has 0 fully saturated rings. The molecule has 94 valence electrons. The number of nitrogens with one attached hydrogen (secondary N) is 1. The number of rotatable bonds is 2. The second-order valence-corrected chi connectivity index (χ2v) is 6.13. The third kappa shape index (κ3) is 2.67. The molecule has 19 heavy (non-hydrogen) atoms. The van der Waals surface area contributed by atoms with Crippen LogP contribution in [0.3, 0.4) is 0 Å². The smallest absolute Gasteiger partial charge is 0.0175 e. The summed E-state index contributed by atoms with van der Waals surface area (Å²) in [7, 11) is 0. The fourth-order valence-electron chi connectivity index (χ4n) is 2.10. The van der Waals surface area contributed by atoms with E-state index in [4.69, 9.17) is 0 Å². The first-order valence-corrected chi connectivity index (χ1v) is 7.51. The highest BCUT2D eigenvalue weighted by Gasteiger charge is 2.08. The Morgan fingerprint density at radius 1 is 0.579 bits per heavy atom. The van der Waals surface area contributed by atoms with Gasteiger partial charge in [-0.2, -0.15) is 0 Å². The Bertz CT molecular complexity index is 622. The summed E-state index contributed by atoms with van der Waals surface area (Å²) in [6.45, 7) is 0. The third-order valence-corrected chi connectivity index (χ3v) is 4.11. The van der Waals surface area contributed by atoms with Crippen LogP contribution in [-0.4, -0.2) is 4.98 Å². The number of hydrogen-bond acceptors (Lipinski definition) is 0. The predicted molar refractivity (Wildman–Crippen MR) is 87.1 cm³/mol. The zero-order valence-corrected chi connectivity index (χ0v) is 13.2. The molecule has 0 saturated heterocycles. The minimum atomic E-state index is 1.09. The molecular weight excluding hydrogens is 366 g/mol. The number of aromatic nitrogens is 1. The van der Waals surface area contributed by atoms with Crippen molar-refractivity contribution in [2.75, 3.05) is 0 Å². The molecule has 3 heteroatoms. The molecule has 0 aliphatic heterocycles. The molecular formula is C16H11Br2N. The summed E-state index contributed by atoms with van der Waals surface area (Å²) >= 11 is 6.93. The Labute approximate surface area is 128 Å². The van der Waals surface area contributed by atoms with Gasteiger partial charge in [0.25, 0.3) is 0 Å². The molecule has 1 nitrogen and oxygen atoms in total. The van der Waals surface area contributed by atoms with E-state index in [0.717, 1.165) is 8.95 Å². The van der Waals surface area contributed by atoms with Crippen LogP contribution in [0.5, 0.6) is 0 Å². The van der Waals surface area contributed by atoms with E-state index >= 15 is 0 Å². The lowest BCUT2D eigenvalue weighted by Gasteiger charge is -2.05. The van der Waals surface area contributed by atoms with Gasteiger partial charge >= 0.3 is 0 Å². The van der Waals surface area contributed by atoms with Crippen molar-refractivity contribution in [3.8, 4) is 22.3 Å². The lowest BCUT2D eigenvalue weighted by molar-refractivity contribution is 1.41. The third-order valence-electron chi connectivity index (χ3n) is 3.06. The van der Waals surface area contributed by atoms with Crippen molar-refractivity contribution in [3.05, 3.63) is 69.9 Å². The van der Waals surface area contributed by atoms with Gasteiger partial charge in [0.2, 0.25) is 0 Å². The van der Waals surface area contributed by atoms with Gasteiger partial charge in [0, 0.05) is 32.5 Å². The first-order valence-electron chi connectivity index (χ1n) is 5.93. The highest BCUT2D eigenvalue weighted by Crippen LogP contribution is 2.33. The standard InChI is InChI=1S/C16H11Br2N/c17-13-5-1-11(2-6-13)15-9-19-10-16(15)12-3-7-14(18)8-4-12/h1-10,19H. The lowest BCUT2D eigenvalue weighted by atomic mass is 9.99. The van der Waals surface area contributed by atoms with Gasteiger partial charge < -0.3 is 4.98 Å². The molecule has 2 aromatic carbocycles. The summed E-state index contributed by atoms with van der Waals surface area (Å²) in [5, 5.41) is 0. The van der Waals surface area contributed by atoms with Crippen LogP contribution < -0.4 is 0 Å². The van der Waals surface area contributed by atoms with Crippen LogP contribution in [0.2, 0.25) is 0 Å². The number of benzene rings is 2. The molecule has 3 rings (SSSR count). The maximum absolute atomic E-state index is 3.47. The second-order valence-electron chi connectivity index (χ2n) is 4.30. The van der Waals surface area contributed by atoms with Crippen molar-refractivity contribution >= 4 is 31.9 Å². The van der Waals surface area contributed by atoms with E-state index in [1.165, 1.54) is 22.3 Å². The SMILES string of the molecule is Brc1ccc(-c2c[nH]cc2-c2ccc(Br)cc2)cc1. The Hall–Kier alpha value is -1.32. The van der Waals surface area contributed by atoms with Crippen LogP contribution in [-0.2, 0) is 0 Å². The first-order chi connectivity index (χ1) is 9.24. The molecule has 0 aliphatic rings. The summed E-state index contributed by atoms with van der Waals surface area (Å²) in [5.41, 5.74) is 4.86. The minimum Gasteiger partial charge on any atom is -0.366 e. The van der Waals surface area contributed by atoms with Crippen LogP contribution in [0.15, 0.2) is 69.9 Å². The topological polar surface area (TPSA) is 15.8 Å². The van der Waals surface area contributed by atoms with E-state index in [1.54, 1.807) is 0 Å². The lowest BCUT2D eigenvalue weighted by Crippen LogP contribution is -1.80.